The van der Waals surface area contributed by atoms with Crippen molar-refractivity contribution in [2.45, 2.75) is 6.54 Å². The van der Waals surface area contributed by atoms with E-state index in [1.807, 2.05) is 24.3 Å². The van der Waals surface area contributed by atoms with Gasteiger partial charge >= 0.3 is 0 Å². The van der Waals surface area contributed by atoms with Gasteiger partial charge in [0.1, 0.15) is 5.75 Å². The molecule has 2 rings (SSSR count). The number of nitrogens with zero attached hydrogens (tertiary/aromatic N) is 4. The fourth-order valence-corrected chi connectivity index (χ4v) is 1.47. The van der Waals surface area contributed by atoms with E-state index < -0.39 is 0 Å². The maximum atomic E-state index is 5.08. The molecule has 18 heavy (non-hydrogen) atoms. The number of benzene rings is 1. The molecule has 0 aliphatic rings. The third kappa shape index (κ3) is 3.59. The number of rotatable bonds is 4. The Morgan fingerprint density at radius 2 is 1.83 bits per heavy atom. The Kier molecular flexibility index (Phi) is 4.35. The Hall–Kier alpha value is -1.82. The van der Waals surface area contributed by atoms with Crippen LogP contribution in [0.3, 0.4) is 0 Å². The van der Waals surface area contributed by atoms with Crippen molar-refractivity contribution in [1.29, 1.82) is 0 Å². The summed E-state index contributed by atoms with van der Waals surface area (Å²) in [5.74, 6) is 1.18. The van der Waals surface area contributed by atoms with E-state index in [0.29, 0.717) is 12.5 Å². The molecular weight excluding hydrogens is 296 g/mol. The highest BCUT2D eigenvalue weighted by atomic mass is 79.9. The smallest absolute Gasteiger partial charge is 0.268 e. The first-order chi connectivity index (χ1) is 8.78. The molecule has 0 saturated heterocycles. The van der Waals surface area contributed by atoms with E-state index in [4.69, 9.17) is 4.74 Å². The minimum absolute atomic E-state index is 0.353. The average molecular weight is 307 g/mol. The minimum atomic E-state index is 0.353. The molecule has 1 aromatic carbocycles. The molecular formula is C12H11BrN4O. The Morgan fingerprint density at radius 3 is 2.44 bits per heavy atom. The molecule has 92 valence electrons. The van der Waals surface area contributed by atoms with Crippen LogP contribution in [-0.2, 0) is 6.54 Å². The van der Waals surface area contributed by atoms with E-state index in [1.54, 1.807) is 19.5 Å². The van der Waals surface area contributed by atoms with E-state index in [-0.39, 0.29) is 0 Å². The third-order valence-electron chi connectivity index (χ3n) is 2.18. The predicted molar refractivity (Wildman–Crippen MR) is 70.9 cm³/mol. The van der Waals surface area contributed by atoms with Gasteiger partial charge in [0.05, 0.1) is 18.1 Å². The van der Waals surface area contributed by atoms with Crippen LogP contribution in [0.1, 0.15) is 5.56 Å². The van der Waals surface area contributed by atoms with Crippen LogP contribution in [0, 0.1) is 0 Å². The molecule has 1 aromatic heterocycles. The monoisotopic (exact) mass is 306 g/mol. The molecule has 5 nitrogen and oxygen atoms in total. The molecule has 0 atom stereocenters. The Labute approximate surface area is 113 Å². The second-order valence-electron chi connectivity index (χ2n) is 3.45. The van der Waals surface area contributed by atoms with E-state index in [2.05, 4.69) is 36.1 Å². The second-order valence-corrected chi connectivity index (χ2v) is 4.36. The maximum Gasteiger partial charge on any atom is 0.268 e. The van der Waals surface area contributed by atoms with Crippen LogP contribution in [0.15, 0.2) is 51.4 Å². The molecule has 0 fully saturated rings. The summed E-state index contributed by atoms with van der Waals surface area (Å²) < 4.78 is 5.89. The minimum Gasteiger partial charge on any atom is -0.497 e. The van der Waals surface area contributed by atoms with Crippen molar-refractivity contribution in [3.63, 3.8) is 0 Å². The van der Waals surface area contributed by atoms with E-state index in [9.17, 15) is 0 Å². The largest absolute Gasteiger partial charge is 0.497 e. The van der Waals surface area contributed by atoms with Gasteiger partial charge in [-0.25, -0.2) is 9.97 Å². The maximum absolute atomic E-state index is 5.08. The molecule has 0 spiro atoms. The third-order valence-corrected chi connectivity index (χ3v) is 2.59. The predicted octanol–water partition coefficient (Wildman–Crippen LogP) is 3.53. The molecule has 0 aliphatic heterocycles. The second kappa shape index (κ2) is 6.20. The summed E-state index contributed by atoms with van der Waals surface area (Å²) in [5, 5.41) is 7.98. The van der Waals surface area contributed by atoms with E-state index in [0.717, 1.165) is 15.8 Å². The van der Waals surface area contributed by atoms with E-state index >= 15 is 0 Å². The standard InChI is InChI=1S/C12H11BrN4O/c1-18-11-4-2-9(3-5-11)6-16-17-12-14-7-10(13)8-15-12/h2-5,7-8H,6H2,1H3. The van der Waals surface area contributed by atoms with Crippen molar-refractivity contribution in [2.24, 2.45) is 10.2 Å². The highest BCUT2D eigenvalue weighted by Gasteiger charge is 1.95. The molecule has 0 bridgehead atoms. The average Bonchev–Trinajstić information content (AvgIpc) is 2.42. The van der Waals surface area contributed by atoms with Gasteiger partial charge in [0.25, 0.3) is 5.95 Å². The summed E-state index contributed by atoms with van der Waals surface area (Å²) in [4.78, 5) is 8.00. The van der Waals surface area contributed by atoms with E-state index in [1.165, 1.54) is 0 Å². The number of aromatic nitrogens is 2. The van der Waals surface area contributed by atoms with Gasteiger partial charge in [-0.1, -0.05) is 12.1 Å². The fraction of sp³-hybridized carbons (Fsp3) is 0.167. The lowest BCUT2D eigenvalue weighted by Gasteiger charge is -1.99. The van der Waals surface area contributed by atoms with Crippen molar-refractivity contribution < 1.29 is 4.74 Å². The molecule has 6 heteroatoms. The van der Waals surface area contributed by atoms with Gasteiger partial charge in [-0.15, -0.1) is 5.11 Å². The lowest BCUT2D eigenvalue weighted by molar-refractivity contribution is 0.414. The lowest BCUT2D eigenvalue weighted by atomic mass is 10.2. The highest BCUT2D eigenvalue weighted by molar-refractivity contribution is 9.10. The van der Waals surface area contributed by atoms with Crippen molar-refractivity contribution in [3.05, 3.63) is 46.7 Å². The summed E-state index contributed by atoms with van der Waals surface area (Å²) >= 11 is 3.25. The number of ether oxygens (including phenoxy) is 1. The van der Waals surface area contributed by atoms with Crippen LogP contribution in [-0.4, -0.2) is 17.1 Å². The van der Waals surface area contributed by atoms with Crippen LogP contribution in [0.2, 0.25) is 0 Å². The first kappa shape index (κ1) is 12.6. The highest BCUT2D eigenvalue weighted by Crippen LogP contribution is 2.13. The van der Waals surface area contributed by atoms with Gasteiger partial charge in [-0.05, 0) is 33.6 Å². The summed E-state index contributed by atoms with van der Waals surface area (Å²) in [6.45, 7) is 0.490. The summed E-state index contributed by atoms with van der Waals surface area (Å²) in [6, 6.07) is 7.67. The lowest BCUT2D eigenvalue weighted by Crippen LogP contribution is -1.84. The number of methoxy groups -OCH3 is 1. The van der Waals surface area contributed by atoms with Gasteiger partial charge in [0.2, 0.25) is 0 Å². The summed E-state index contributed by atoms with van der Waals surface area (Å²) in [5.41, 5.74) is 1.05. The van der Waals surface area contributed by atoms with Gasteiger partial charge in [-0.2, -0.15) is 5.11 Å². The molecule has 1 heterocycles. The zero-order valence-corrected chi connectivity index (χ0v) is 11.3. The quantitative estimate of drug-likeness (QED) is 0.812. The Balaban J connectivity index is 1.95. The number of hydrogen-bond donors (Lipinski definition) is 0. The van der Waals surface area contributed by atoms with Gasteiger partial charge in [-0.3, -0.25) is 0 Å². The zero-order chi connectivity index (χ0) is 12.8. The summed E-state index contributed by atoms with van der Waals surface area (Å²) in [6.07, 6.45) is 3.27. The van der Waals surface area contributed by atoms with Crippen molar-refractivity contribution in [2.75, 3.05) is 7.11 Å². The van der Waals surface area contributed by atoms with Crippen molar-refractivity contribution >= 4 is 21.9 Å². The first-order valence-electron chi connectivity index (χ1n) is 5.26. The summed E-state index contributed by atoms with van der Waals surface area (Å²) in [7, 11) is 1.64. The first-order valence-corrected chi connectivity index (χ1v) is 6.05. The number of azo groups is 1. The van der Waals surface area contributed by atoms with Crippen LogP contribution < -0.4 is 4.74 Å². The van der Waals surface area contributed by atoms with Crippen LogP contribution in [0.4, 0.5) is 5.95 Å². The fourth-order valence-electron chi connectivity index (χ4n) is 1.27. The molecule has 0 radical (unpaired) electrons. The van der Waals surface area contributed by atoms with Crippen LogP contribution in [0.5, 0.6) is 5.75 Å². The SMILES string of the molecule is COc1ccc(CN=Nc2ncc(Br)cn2)cc1. The Bertz CT molecular complexity index is 525. The van der Waals surface area contributed by atoms with Crippen LogP contribution >= 0.6 is 15.9 Å². The van der Waals surface area contributed by atoms with Crippen molar-refractivity contribution in [3.8, 4) is 5.75 Å². The van der Waals surface area contributed by atoms with Crippen LogP contribution in [0.25, 0.3) is 0 Å². The molecule has 0 saturated carbocycles. The molecule has 0 amide bonds. The molecule has 0 N–H and O–H groups in total. The van der Waals surface area contributed by atoms with Gasteiger partial charge < -0.3 is 4.74 Å². The van der Waals surface area contributed by atoms with Gasteiger partial charge in [0.15, 0.2) is 0 Å². The zero-order valence-electron chi connectivity index (χ0n) is 9.75. The van der Waals surface area contributed by atoms with Gasteiger partial charge in [0, 0.05) is 12.4 Å². The molecule has 2 aromatic rings. The topological polar surface area (TPSA) is 59.7 Å². The number of hydrogen-bond acceptors (Lipinski definition) is 5. The van der Waals surface area contributed by atoms with Crippen molar-refractivity contribution in [1.82, 2.24) is 9.97 Å². The molecule has 0 unspecified atom stereocenters. The normalized spacial score (nSPS) is 10.8. The Morgan fingerprint density at radius 1 is 1.17 bits per heavy atom. The molecule has 0 aliphatic carbocycles. The number of halogens is 1.